The molecule has 0 aromatic rings. The molecule has 0 aromatic heterocycles. The zero-order chi connectivity index (χ0) is 11.5. The number of hydrogen-bond donors (Lipinski definition) is 2. The summed E-state index contributed by atoms with van der Waals surface area (Å²) in [4.78, 5) is 10.6. The minimum absolute atomic E-state index is 0.112. The van der Waals surface area contributed by atoms with Crippen molar-refractivity contribution in [3.8, 4) is 0 Å². The molecule has 0 saturated carbocycles. The Morgan fingerprint density at radius 1 is 1.53 bits per heavy atom. The minimum atomic E-state index is -4.77. The topological polar surface area (TPSA) is 41.1 Å². The Bertz CT molecular complexity index is 230. The van der Waals surface area contributed by atoms with Crippen LogP contribution in [0.5, 0.6) is 0 Å². The van der Waals surface area contributed by atoms with Crippen LogP contribution in [-0.4, -0.2) is 31.7 Å². The highest BCUT2D eigenvalue weighted by Gasteiger charge is 2.38. The molecule has 6 heteroatoms. The van der Waals surface area contributed by atoms with Crippen LogP contribution in [0, 0.1) is 11.8 Å². The molecule has 1 fully saturated rings. The van der Waals surface area contributed by atoms with E-state index in [9.17, 15) is 18.0 Å². The van der Waals surface area contributed by atoms with Gasteiger partial charge < -0.3 is 10.6 Å². The van der Waals surface area contributed by atoms with E-state index in [1.807, 2.05) is 12.2 Å². The molecule has 1 aliphatic heterocycles. The number of halogens is 3. The lowest BCUT2D eigenvalue weighted by Gasteiger charge is -2.29. The second-order valence-corrected chi connectivity index (χ2v) is 3.94. The smallest absolute Gasteiger partial charge is 0.348 e. The molecule has 1 heterocycles. The van der Waals surface area contributed by atoms with Gasteiger partial charge in [0.1, 0.15) is 0 Å². The van der Waals surface area contributed by atoms with Gasteiger partial charge in [-0.15, -0.1) is 0 Å². The molecule has 2 atom stereocenters. The minimum Gasteiger partial charge on any atom is -0.348 e. The van der Waals surface area contributed by atoms with Gasteiger partial charge in [0.15, 0.2) is 0 Å². The Kier molecular flexibility index (Phi) is 3.96. The van der Waals surface area contributed by atoms with E-state index < -0.39 is 12.1 Å². The van der Waals surface area contributed by atoms with Crippen LogP contribution in [0.15, 0.2) is 0 Å². The molecule has 0 aliphatic carbocycles. The van der Waals surface area contributed by atoms with Gasteiger partial charge in [0, 0.05) is 6.54 Å². The predicted octanol–water partition coefficient (Wildman–Crippen LogP) is 0.910. The van der Waals surface area contributed by atoms with Crippen LogP contribution >= 0.6 is 0 Å². The molecular formula is C9H15F3N2O. The van der Waals surface area contributed by atoms with E-state index in [1.165, 1.54) is 0 Å². The van der Waals surface area contributed by atoms with Crippen molar-refractivity contribution in [3.63, 3.8) is 0 Å². The Labute approximate surface area is 86.4 Å². The van der Waals surface area contributed by atoms with Gasteiger partial charge in [-0.05, 0) is 31.3 Å². The lowest BCUT2D eigenvalue weighted by Crippen LogP contribution is -2.44. The van der Waals surface area contributed by atoms with Crippen molar-refractivity contribution in [2.24, 2.45) is 11.8 Å². The second-order valence-electron chi connectivity index (χ2n) is 3.94. The van der Waals surface area contributed by atoms with Gasteiger partial charge in [-0.1, -0.05) is 6.92 Å². The van der Waals surface area contributed by atoms with Crippen molar-refractivity contribution in [3.05, 3.63) is 0 Å². The fourth-order valence-corrected chi connectivity index (χ4v) is 1.70. The lowest BCUT2D eigenvalue weighted by molar-refractivity contribution is -0.173. The van der Waals surface area contributed by atoms with Gasteiger partial charge in [-0.2, -0.15) is 13.2 Å². The van der Waals surface area contributed by atoms with E-state index in [1.54, 1.807) is 0 Å². The van der Waals surface area contributed by atoms with Crippen LogP contribution in [0.3, 0.4) is 0 Å². The molecule has 1 saturated heterocycles. The van der Waals surface area contributed by atoms with E-state index in [4.69, 9.17) is 0 Å². The maximum absolute atomic E-state index is 11.9. The first-order valence-corrected chi connectivity index (χ1v) is 4.97. The number of carbonyl (C=O) groups excluding carboxylic acids is 1. The summed E-state index contributed by atoms with van der Waals surface area (Å²) in [6, 6.07) is 0. The third-order valence-electron chi connectivity index (χ3n) is 2.75. The van der Waals surface area contributed by atoms with Crippen LogP contribution in [0.4, 0.5) is 13.2 Å². The zero-order valence-electron chi connectivity index (χ0n) is 8.53. The van der Waals surface area contributed by atoms with Crippen LogP contribution in [0.25, 0.3) is 0 Å². The summed E-state index contributed by atoms with van der Waals surface area (Å²) in [5.74, 6) is -1.40. The molecular weight excluding hydrogens is 209 g/mol. The molecule has 1 rings (SSSR count). The standard InChI is InChI=1S/C9H15F3N2O/c1-6-4-13-3-2-7(6)5-14-8(15)9(10,11)12/h6-7,13H,2-5H2,1H3,(H,14,15)/t6-,7?/m0/s1. The first-order valence-electron chi connectivity index (χ1n) is 4.97. The van der Waals surface area contributed by atoms with Crippen molar-refractivity contribution in [2.45, 2.75) is 19.5 Å². The Hall–Kier alpha value is -0.780. The van der Waals surface area contributed by atoms with Crippen molar-refractivity contribution >= 4 is 5.91 Å². The molecule has 2 N–H and O–H groups in total. The first-order chi connectivity index (χ1) is 6.91. The number of rotatable bonds is 2. The van der Waals surface area contributed by atoms with Gasteiger partial charge in [-0.3, -0.25) is 4.79 Å². The predicted molar refractivity (Wildman–Crippen MR) is 49.2 cm³/mol. The molecule has 3 nitrogen and oxygen atoms in total. The largest absolute Gasteiger partial charge is 0.471 e. The summed E-state index contributed by atoms with van der Waals surface area (Å²) in [5, 5.41) is 5.08. The molecule has 15 heavy (non-hydrogen) atoms. The molecule has 1 aliphatic rings. The summed E-state index contributed by atoms with van der Waals surface area (Å²) in [6.07, 6.45) is -3.96. The molecule has 1 amide bonds. The molecule has 0 spiro atoms. The van der Waals surface area contributed by atoms with Crippen LogP contribution in [0.1, 0.15) is 13.3 Å². The number of piperidine rings is 1. The molecule has 88 valence electrons. The van der Waals surface area contributed by atoms with Crippen LogP contribution < -0.4 is 10.6 Å². The second kappa shape index (κ2) is 4.83. The first kappa shape index (κ1) is 12.3. The van der Waals surface area contributed by atoms with Gasteiger partial charge in [0.2, 0.25) is 0 Å². The van der Waals surface area contributed by atoms with Crippen molar-refractivity contribution in [1.82, 2.24) is 10.6 Å². The number of hydrogen-bond acceptors (Lipinski definition) is 2. The Balaban J connectivity index is 2.33. The number of alkyl halides is 3. The number of nitrogens with one attached hydrogen (secondary N) is 2. The van der Waals surface area contributed by atoms with Crippen molar-refractivity contribution in [1.29, 1.82) is 0 Å². The molecule has 0 bridgehead atoms. The maximum atomic E-state index is 11.9. The number of carbonyl (C=O) groups is 1. The average Bonchev–Trinajstić information content (AvgIpc) is 2.14. The maximum Gasteiger partial charge on any atom is 0.471 e. The van der Waals surface area contributed by atoms with E-state index in [0.717, 1.165) is 19.5 Å². The molecule has 0 aromatic carbocycles. The third-order valence-corrected chi connectivity index (χ3v) is 2.75. The quantitative estimate of drug-likeness (QED) is 0.732. The van der Waals surface area contributed by atoms with Crippen molar-refractivity contribution < 1.29 is 18.0 Å². The van der Waals surface area contributed by atoms with Crippen LogP contribution in [0.2, 0.25) is 0 Å². The Morgan fingerprint density at radius 2 is 2.20 bits per heavy atom. The molecule has 1 unspecified atom stereocenters. The summed E-state index contributed by atoms with van der Waals surface area (Å²) in [7, 11) is 0. The summed E-state index contributed by atoms with van der Waals surface area (Å²) >= 11 is 0. The van der Waals surface area contributed by atoms with Gasteiger partial charge in [0.25, 0.3) is 0 Å². The van der Waals surface area contributed by atoms with Crippen LogP contribution in [-0.2, 0) is 4.79 Å². The van der Waals surface area contributed by atoms with E-state index >= 15 is 0 Å². The van der Waals surface area contributed by atoms with Crippen molar-refractivity contribution in [2.75, 3.05) is 19.6 Å². The van der Waals surface area contributed by atoms with E-state index in [0.29, 0.717) is 5.92 Å². The highest BCUT2D eigenvalue weighted by Crippen LogP contribution is 2.19. The molecule has 0 radical (unpaired) electrons. The van der Waals surface area contributed by atoms with E-state index in [2.05, 4.69) is 5.32 Å². The monoisotopic (exact) mass is 224 g/mol. The SMILES string of the molecule is C[C@H]1CNCCC1CNC(=O)C(F)(F)F. The highest BCUT2D eigenvalue weighted by molar-refractivity contribution is 5.81. The fourth-order valence-electron chi connectivity index (χ4n) is 1.70. The zero-order valence-corrected chi connectivity index (χ0v) is 8.53. The Morgan fingerprint density at radius 3 is 2.73 bits per heavy atom. The number of amides is 1. The van der Waals surface area contributed by atoms with Gasteiger partial charge in [-0.25, -0.2) is 0 Å². The van der Waals surface area contributed by atoms with Gasteiger partial charge in [0.05, 0.1) is 0 Å². The highest BCUT2D eigenvalue weighted by atomic mass is 19.4. The van der Waals surface area contributed by atoms with E-state index in [-0.39, 0.29) is 12.5 Å². The lowest BCUT2D eigenvalue weighted by atomic mass is 9.88. The fraction of sp³-hybridized carbons (Fsp3) is 0.889. The summed E-state index contributed by atoms with van der Waals surface area (Å²) in [6.45, 7) is 3.68. The van der Waals surface area contributed by atoms with Gasteiger partial charge >= 0.3 is 12.1 Å². The summed E-state index contributed by atoms with van der Waals surface area (Å²) in [5.41, 5.74) is 0. The third kappa shape index (κ3) is 3.70. The average molecular weight is 224 g/mol. The normalized spacial score (nSPS) is 27.5. The summed E-state index contributed by atoms with van der Waals surface area (Å²) < 4.78 is 35.6.